The van der Waals surface area contributed by atoms with E-state index in [1.165, 1.54) is 18.2 Å². The van der Waals surface area contributed by atoms with Gasteiger partial charge in [0.2, 0.25) is 0 Å². The summed E-state index contributed by atoms with van der Waals surface area (Å²) >= 11 is 3.90. The third-order valence-electron chi connectivity index (χ3n) is 0.992. The van der Waals surface area contributed by atoms with Crippen LogP contribution in [0.5, 0.6) is 0 Å². The average molecular weight is 185 g/mol. The van der Waals surface area contributed by atoms with Gasteiger partial charge in [-0.25, -0.2) is 4.39 Å². The Hall–Kier alpha value is 0.560. The Morgan fingerprint density at radius 3 is 2.40 bits per heavy atom. The van der Waals surface area contributed by atoms with Gasteiger partial charge < -0.3 is 5.73 Å². The van der Waals surface area contributed by atoms with E-state index in [1.54, 1.807) is 0 Å². The molecule has 1 aromatic rings. The summed E-state index contributed by atoms with van der Waals surface area (Å²) < 4.78 is 12.2. The number of hydrogen-bond donors (Lipinski definition) is 2. The molecule has 1 rings (SSSR count). The zero-order chi connectivity index (χ0) is 6.85. The van der Waals surface area contributed by atoms with E-state index in [1.807, 2.05) is 0 Å². The molecular weight excluding hydrogens is 177 g/mol. The molecule has 0 bridgehead atoms. The molecule has 0 amide bonds. The first-order valence-electron chi connectivity index (χ1n) is 2.44. The van der Waals surface area contributed by atoms with E-state index in [0.29, 0.717) is 10.6 Å². The van der Waals surface area contributed by atoms with Gasteiger partial charge in [-0.1, -0.05) is 0 Å². The molecule has 0 radical (unpaired) electrons. The molecule has 0 saturated heterocycles. The Morgan fingerprint density at radius 2 is 2.00 bits per heavy atom. The van der Waals surface area contributed by atoms with Gasteiger partial charge >= 0.3 is 37.7 Å². The van der Waals surface area contributed by atoms with Crippen molar-refractivity contribution in [1.82, 2.24) is 0 Å². The zero-order valence-electron chi connectivity index (χ0n) is 4.63. The van der Waals surface area contributed by atoms with Crippen LogP contribution < -0.4 is 5.73 Å². The fourth-order valence-electron chi connectivity index (χ4n) is 0.517. The molecular formula is C6H8CaFNS. The summed E-state index contributed by atoms with van der Waals surface area (Å²) in [4.78, 5) is 0.481. The summed E-state index contributed by atoms with van der Waals surface area (Å²) in [6, 6.07) is 4.06. The van der Waals surface area contributed by atoms with Gasteiger partial charge in [0.05, 0.1) is 0 Å². The molecule has 0 aliphatic rings. The molecule has 2 N–H and O–H groups in total. The minimum atomic E-state index is -0.311. The molecule has 1 nitrogen and oxygen atoms in total. The van der Waals surface area contributed by atoms with Crippen LogP contribution in [0.2, 0.25) is 0 Å². The van der Waals surface area contributed by atoms with Crippen molar-refractivity contribution >= 4 is 56.1 Å². The van der Waals surface area contributed by atoms with Gasteiger partial charge in [0.25, 0.3) is 0 Å². The number of nitrogens with two attached hydrogens (primary N) is 1. The molecule has 0 saturated carbocycles. The van der Waals surface area contributed by atoms with E-state index in [0.717, 1.165) is 0 Å². The van der Waals surface area contributed by atoms with Crippen LogP contribution in [0.3, 0.4) is 0 Å². The number of benzene rings is 1. The maximum atomic E-state index is 12.2. The van der Waals surface area contributed by atoms with Crippen LogP contribution in [0.4, 0.5) is 10.1 Å². The van der Waals surface area contributed by atoms with Crippen molar-refractivity contribution in [3.8, 4) is 0 Å². The quantitative estimate of drug-likeness (QED) is 0.349. The Kier molecular flexibility index (Phi) is 4.69. The first kappa shape index (κ1) is 10.6. The van der Waals surface area contributed by atoms with Crippen molar-refractivity contribution in [1.29, 1.82) is 0 Å². The molecule has 0 atom stereocenters. The summed E-state index contributed by atoms with van der Waals surface area (Å²) in [6.07, 6.45) is 0. The normalized spacial score (nSPS) is 8.60. The average Bonchev–Trinajstić information content (AvgIpc) is 1.80. The molecule has 0 fully saturated rings. The monoisotopic (exact) mass is 185 g/mol. The van der Waals surface area contributed by atoms with Crippen molar-refractivity contribution < 1.29 is 4.39 Å². The molecule has 0 spiro atoms. The van der Waals surface area contributed by atoms with Gasteiger partial charge in [-0.15, -0.1) is 12.6 Å². The second-order valence-corrected chi connectivity index (χ2v) is 2.18. The Bertz CT molecular complexity index is 229. The van der Waals surface area contributed by atoms with E-state index in [-0.39, 0.29) is 43.6 Å². The molecule has 0 aliphatic carbocycles. The maximum absolute atomic E-state index is 12.2. The van der Waals surface area contributed by atoms with Crippen LogP contribution in [-0.2, 0) is 0 Å². The summed E-state index contributed by atoms with van der Waals surface area (Å²) in [6.45, 7) is 0. The van der Waals surface area contributed by atoms with Crippen LogP contribution in [0.1, 0.15) is 0 Å². The van der Waals surface area contributed by atoms with E-state index >= 15 is 0 Å². The van der Waals surface area contributed by atoms with Gasteiger partial charge in [-0.3, -0.25) is 0 Å². The van der Waals surface area contributed by atoms with Crippen LogP contribution in [-0.4, -0.2) is 37.7 Å². The van der Waals surface area contributed by atoms with Crippen LogP contribution >= 0.6 is 12.6 Å². The predicted molar refractivity (Wildman–Crippen MR) is 46.6 cm³/mol. The van der Waals surface area contributed by atoms with E-state index in [2.05, 4.69) is 12.6 Å². The standard InChI is InChI=1S/C6H6FNS.Ca.2H/c7-4-1-2-5(8)6(9)3-4;;;/h1-3,9H,8H2;;;. The summed E-state index contributed by atoms with van der Waals surface area (Å²) in [5.74, 6) is -0.311. The van der Waals surface area contributed by atoms with Gasteiger partial charge in [-0.05, 0) is 18.2 Å². The van der Waals surface area contributed by atoms with Gasteiger partial charge in [-0.2, -0.15) is 0 Å². The fourth-order valence-corrected chi connectivity index (χ4v) is 0.715. The predicted octanol–water partition coefficient (Wildman–Crippen LogP) is 0.780. The van der Waals surface area contributed by atoms with E-state index in [4.69, 9.17) is 5.73 Å². The van der Waals surface area contributed by atoms with Crippen LogP contribution in [0.25, 0.3) is 0 Å². The van der Waals surface area contributed by atoms with Gasteiger partial charge in [0, 0.05) is 10.6 Å². The van der Waals surface area contributed by atoms with Crippen molar-refractivity contribution in [2.24, 2.45) is 0 Å². The van der Waals surface area contributed by atoms with E-state index < -0.39 is 0 Å². The third-order valence-corrected chi connectivity index (χ3v) is 1.38. The number of anilines is 1. The Balaban J connectivity index is 0.000000810. The summed E-state index contributed by atoms with van der Waals surface area (Å²) in [7, 11) is 0. The minimum absolute atomic E-state index is 0. The topological polar surface area (TPSA) is 26.0 Å². The molecule has 0 heterocycles. The third kappa shape index (κ3) is 2.66. The molecule has 52 valence electrons. The first-order valence-corrected chi connectivity index (χ1v) is 2.89. The van der Waals surface area contributed by atoms with Crippen LogP contribution in [0.15, 0.2) is 23.1 Å². The second-order valence-electron chi connectivity index (χ2n) is 1.70. The molecule has 0 unspecified atom stereocenters. The SMILES string of the molecule is Nc1ccc(F)cc1S.[CaH2]. The van der Waals surface area contributed by atoms with Crippen molar-refractivity contribution in [2.75, 3.05) is 5.73 Å². The number of rotatable bonds is 0. The number of hydrogen-bond acceptors (Lipinski definition) is 2. The Labute approximate surface area is 94.2 Å². The second kappa shape index (κ2) is 4.44. The summed E-state index contributed by atoms with van der Waals surface area (Å²) in [5, 5.41) is 0. The molecule has 10 heavy (non-hydrogen) atoms. The molecule has 1 aromatic carbocycles. The first-order chi connectivity index (χ1) is 4.20. The van der Waals surface area contributed by atoms with Gasteiger partial charge in [0.15, 0.2) is 0 Å². The molecule has 4 heteroatoms. The zero-order valence-corrected chi connectivity index (χ0v) is 5.53. The molecule has 0 aromatic heterocycles. The number of halogens is 1. The van der Waals surface area contributed by atoms with Crippen molar-refractivity contribution in [3.05, 3.63) is 24.0 Å². The summed E-state index contributed by atoms with van der Waals surface area (Å²) in [5.41, 5.74) is 5.85. The molecule has 0 aliphatic heterocycles. The fraction of sp³-hybridized carbons (Fsp3) is 0. The number of nitrogen functional groups attached to an aromatic ring is 1. The van der Waals surface area contributed by atoms with Gasteiger partial charge in [0.1, 0.15) is 5.82 Å². The van der Waals surface area contributed by atoms with Crippen molar-refractivity contribution in [3.63, 3.8) is 0 Å². The van der Waals surface area contributed by atoms with Crippen molar-refractivity contribution in [2.45, 2.75) is 4.90 Å². The van der Waals surface area contributed by atoms with E-state index in [9.17, 15) is 4.39 Å². The van der Waals surface area contributed by atoms with Crippen LogP contribution in [0, 0.1) is 5.82 Å². The number of thiol groups is 1. The Morgan fingerprint density at radius 1 is 1.40 bits per heavy atom.